The van der Waals surface area contributed by atoms with Crippen LogP contribution in [0.5, 0.6) is 0 Å². The summed E-state index contributed by atoms with van der Waals surface area (Å²) in [6.45, 7) is 1.46. The van der Waals surface area contributed by atoms with E-state index in [1.165, 1.54) is 7.11 Å². The van der Waals surface area contributed by atoms with Gasteiger partial charge in [-0.2, -0.15) is 13.2 Å². The monoisotopic (exact) mass is 270 g/mol. The van der Waals surface area contributed by atoms with Gasteiger partial charge in [0, 0.05) is 0 Å². The van der Waals surface area contributed by atoms with E-state index in [1.54, 1.807) is 6.92 Å². The second kappa shape index (κ2) is 7.94. The van der Waals surface area contributed by atoms with Gasteiger partial charge in [-0.1, -0.05) is 19.8 Å². The van der Waals surface area contributed by atoms with Crippen molar-refractivity contribution in [3.05, 3.63) is 0 Å². The molecule has 0 aromatic carbocycles. The Bertz CT molecular complexity index is 276. The van der Waals surface area contributed by atoms with E-state index in [4.69, 9.17) is 0 Å². The lowest BCUT2D eigenvalue weighted by Gasteiger charge is -2.09. The van der Waals surface area contributed by atoms with E-state index in [0.717, 1.165) is 0 Å². The Morgan fingerprint density at radius 3 is 2.28 bits per heavy atom. The third kappa shape index (κ3) is 7.13. The summed E-state index contributed by atoms with van der Waals surface area (Å²) in [5.74, 6) is -2.70. The second-order valence-electron chi connectivity index (χ2n) is 3.91. The first kappa shape index (κ1) is 16.7. The highest BCUT2D eigenvalue weighted by atomic mass is 19.4. The quantitative estimate of drug-likeness (QED) is 0.526. The molecule has 1 atom stereocenters. The summed E-state index contributed by atoms with van der Waals surface area (Å²) in [6, 6.07) is 0. The number of carbonyl (C=O) groups excluding carboxylic acids is 2. The van der Waals surface area contributed by atoms with Gasteiger partial charge in [0.1, 0.15) is 0 Å². The van der Waals surface area contributed by atoms with E-state index in [-0.39, 0.29) is 18.5 Å². The van der Waals surface area contributed by atoms with Crippen LogP contribution in [0.15, 0.2) is 0 Å². The molecule has 106 valence electrons. The van der Waals surface area contributed by atoms with Crippen molar-refractivity contribution in [2.24, 2.45) is 5.92 Å². The van der Waals surface area contributed by atoms with E-state index >= 15 is 0 Å². The first-order chi connectivity index (χ1) is 8.29. The van der Waals surface area contributed by atoms with Crippen molar-refractivity contribution in [3.8, 4) is 0 Å². The maximum absolute atomic E-state index is 11.7. The molecule has 0 spiro atoms. The standard InChI is InChI=1S/C11H17F3O4/c1-8(9(15)17-2)6-4-3-5-7-18-10(16)11(12,13)14/h8H,3-7H2,1-2H3. The zero-order valence-electron chi connectivity index (χ0n) is 10.4. The first-order valence-electron chi connectivity index (χ1n) is 5.60. The van der Waals surface area contributed by atoms with Gasteiger partial charge >= 0.3 is 18.1 Å². The van der Waals surface area contributed by atoms with E-state index < -0.39 is 12.1 Å². The van der Waals surface area contributed by atoms with Crippen LogP contribution < -0.4 is 0 Å². The molecular weight excluding hydrogens is 253 g/mol. The molecule has 0 bridgehead atoms. The molecule has 0 heterocycles. The predicted octanol–water partition coefficient (Wildman–Crippen LogP) is 2.46. The number of methoxy groups -OCH3 is 1. The minimum atomic E-state index is -4.93. The van der Waals surface area contributed by atoms with Crippen LogP contribution in [0, 0.1) is 5.92 Å². The van der Waals surface area contributed by atoms with Gasteiger partial charge < -0.3 is 9.47 Å². The van der Waals surface area contributed by atoms with Crippen molar-refractivity contribution in [2.75, 3.05) is 13.7 Å². The summed E-state index contributed by atoms with van der Waals surface area (Å²) in [6.07, 6.45) is -2.73. The molecule has 0 saturated heterocycles. The van der Waals surface area contributed by atoms with Crippen molar-refractivity contribution < 1.29 is 32.2 Å². The summed E-state index contributed by atoms with van der Waals surface area (Å²) in [4.78, 5) is 21.3. The molecule has 0 N–H and O–H groups in total. The average Bonchev–Trinajstić information content (AvgIpc) is 2.30. The molecule has 0 aromatic rings. The van der Waals surface area contributed by atoms with Crippen molar-refractivity contribution in [3.63, 3.8) is 0 Å². The first-order valence-corrected chi connectivity index (χ1v) is 5.60. The van der Waals surface area contributed by atoms with Crippen LogP contribution in [0.25, 0.3) is 0 Å². The highest BCUT2D eigenvalue weighted by Gasteiger charge is 2.40. The van der Waals surface area contributed by atoms with Crippen LogP contribution in [0.2, 0.25) is 0 Å². The summed E-state index contributed by atoms with van der Waals surface area (Å²) < 4.78 is 43.7. The molecule has 0 aromatic heterocycles. The molecule has 0 fully saturated rings. The molecule has 0 radical (unpaired) electrons. The fourth-order valence-corrected chi connectivity index (χ4v) is 1.30. The molecule has 0 aliphatic carbocycles. The number of halogens is 3. The number of carbonyl (C=O) groups is 2. The predicted molar refractivity (Wildman–Crippen MR) is 56.7 cm³/mol. The summed E-state index contributed by atoms with van der Waals surface area (Å²) in [5, 5.41) is 0. The highest BCUT2D eigenvalue weighted by molar-refractivity contribution is 5.75. The Morgan fingerprint density at radius 1 is 1.17 bits per heavy atom. The molecule has 0 rings (SSSR count). The number of alkyl halides is 3. The summed E-state index contributed by atoms with van der Waals surface area (Å²) >= 11 is 0. The Morgan fingerprint density at radius 2 is 1.78 bits per heavy atom. The molecule has 4 nitrogen and oxygen atoms in total. The van der Waals surface area contributed by atoms with Gasteiger partial charge in [-0.3, -0.25) is 4.79 Å². The van der Waals surface area contributed by atoms with Gasteiger partial charge in [0.2, 0.25) is 0 Å². The van der Waals surface area contributed by atoms with Gasteiger partial charge in [0.05, 0.1) is 19.6 Å². The molecule has 0 aliphatic rings. The molecule has 7 heteroatoms. The van der Waals surface area contributed by atoms with E-state index in [0.29, 0.717) is 25.7 Å². The average molecular weight is 270 g/mol. The largest absolute Gasteiger partial charge is 0.490 e. The van der Waals surface area contributed by atoms with Crippen molar-refractivity contribution in [1.29, 1.82) is 0 Å². The van der Waals surface area contributed by atoms with E-state index in [2.05, 4.69) is 9.47 Å². The fourth-order valence-electron chi connectivity index (χ4n) is 1.30. The van der Waals surface area contributed by atoms with E-state index in [1.807, 2.05) is 0 Å². The minimum Gasteiger partial charge on any atom is -0.469 e. The molecule has 0 amide bonds. The van der Waals surface area contributed by atoms with Gasteiger partial charge in [-0.25, -0.2) is 4.79 Å². The normalized spacial score (nSPS) is 12.9. The molecule has 18 heavy (non-hydrogen) atoms. The van der Waals surface area contributed by atoms with E-state index in [9.17, 15) is 22.8 Å². The van der Waals surface area contributed by atoms with Crippen LogP contribution in [0.4, 0.5) is 13.2 Å². The Balaban J connectivity index is 3.53. The van der Waals surface area contributed by atoms with Crippen molar-refractivity contribution in [2.45, 2.75) is 38.8 Å². The van der Waals surface area contributed by atoms with Crippen LogP contribution in [0.1, 0.15) is 32.6 Å². The Kier molecular flexibility index (Phi) is 7.38. The van der Waals surface area contributed by atoms with Gasteiger partial charge in [-0.05, 0) is 12.8 Å². The maximum atomic E-state index is 11.7. The number of esters is 2. The third-order valence-electron chi connectivity index (χ3n) is 2.35. The lowest BCUT2D eigenvalue weighted by Crippen LogP contribution is -2.25. The second-order valence-corrected chi connectivity index (χ2v) is 3.91. The fraction of sp³-hybridized carbons (Fsp3) is 0.818. The van der Waals surface area contributed by atoms with Crippen LogP contribution in [0.3, 0.4) is 0 Å². The zero-order valence-corrected chi connectivity index (χ0v) is 10.4. The molecule has 0 saturated carbocycles. The summed E-state index contributed by atoms with van der Waals surface area (Å²) in [5.41, 5.74) is 0. The zero-order chi connectivity index (χ0) is 14.2. The Labute approximate surface area is 103 Å². The van der Waals surface area contributed by atoms with Crippen LogP contribution in [-0.2, 0) is 19.1 Å². The maximum Gasteiger partial charge on any atom is 0.490 e. The van der Waals surface area contributed by atoms with Crippen molar-refractivity contribution >= 4 is 11.9 Å². The number of unbranched alkanes of at least 4 members (excludes halogenated alkanes) is 2. The van der Waals surface area contributed by atoms with Crippen LogP contribution >= 0.6 is 0 Å². The number of hydrogen-bond donors (Lipinski definition) is 0. The Hall–Kier alpha value is -1.27. The topological polar surface area (TPSA) is 52.6 Å². The van der Waals surface area contributed by atoms with Crippen LogP contribution in [-0.4, -0.2) is 31.8 Å². The number of ether oxygens (including phenoxy) is 2. The number of hydrogen-bond acceptors (Lipinski definition) is 4. The lowest BCUT2D eigenvalue weighted by molar-refractivity contribution is -0.199. The lowest BCUT2D eigenvalue weighted by atomic mass is 10.0. The third-order valence-corrected chi connectivity index (χ3v) is 2.35. The van der Waals surface area contributed by atoms with Gasteiger partial charge in [0.15, 0.2) is 0 Å². The smallest absolute Gasteiger partial charge is 0.469 e. The van der Waals surface area contributed by atoms with Gasteiger partial charge in [-0.15, -0.1) is 0 Å². The molecule has 0 aliphatic heterocycles. The van der Waals surface area contributed by atoms with Gasteiger partial charge in [0.25, 0.3) is 0 Å². The summed E-state index contributed by atoms with van der Waals surface area (Å²) in [7, 11) is 1.30. The highest BCUT2D eigenvalue weighted by Crippen LogP contribution is 2.17. The molecule has 1 unspecified atom stereocenters. The number of rotatable bonds is 7. The minimum absolute atomic E-state index is 0.229. The SMILES string of the molecule is COC(=O)C(C)CCCCCOC(=O)C(F)(F)F. The molecular formula is C11H17F3O4. The van der Waals surface area contributed by atoms with Crippen molar-refractivity contribution in [1.82, 2.24) is 0 Å².